The fourth-order valence-electron chi connectivity index (χ4n) is 2.98. The zero-order valence-electron chi connectivity index (χ0n) is 12.2. The van der Waals surface area contributed by atoms with Crippen LogP contribution in [0.3, 0.4) is 0 Å². The highest BCUT2D eigenvalue weighted by molar-refractivity contribution is 5.72. The molecule has 0 bridgehead atoms. The maximum absolute atomic E-state index is 11.5. The highest BCUT2D eigenvalue weighted by atomic mass is 16.4. The fourth-order valence-corrected chi connectivity index (χ4v) is 2.98. The van der Waals surface area contributed by atoms with Crippen molar-refractivity contribution in [2.75, 3.05) is 13.1 Å². The van der Waals surface area contributed by atoms with Crippen molar-refractivity contribution in [3.05, 3.63) is 34.9 Å². The second-order valence-corrected chi connectivity index (χ2v) is 5.96. The molecule has 3 heteroatoms. The number of benzene rings is 1. The van der Waals surface area contributed by atoms with Crippen molar-refractivity contribution in [2.24, 2.45) is 5.92 Å². The molecule has 1 heterocycles. The van der Waals surface area contributed by atoms with Crippen LogP contribution in [0, 0.1) is 19.8 Å². The summed E-state index contributed by atoms with van der Waals surface area (Å²) in [5, 5.41) is 9.48. The number of carboxylic acid groups (broad SMARTS) is 1. The van der Waals surface area contributed by atoms with Crippen LogP contribution in [0.5, 0.6) is 0 Å². The van der Waals surface area contributed by atoms with Gasteiger partial charge in [0, 0.05) is 25.0 Å². The highest BCUT2D eigenvalue weighted by Crippen LogP contribution is 2.35. The Bertz CT molecular complexity index is 482. The standard InChI is InChI=1S/C16H23NO2/c1-10(2)17-8-14(15(9-17)16(18)19)13-7-11(3)5-6-12(13)4/h5-7,10,14-15H,8-9H2,1-4H3,(H,18,19). The van der Waals surface area contributed by atoms with Crippen LogP contribution in [0.25, 0.3) is 0 Å². The quantitative estimate of drug-likeness (QED) is 0.909. The van der Waals surface area contributed by atoms with Crippen molar-refractivity contribution in [2.45, 2.75) is 39.7 Å². The second-order valence-electron chi connectivity index (χ2n) is 5.96. The van der Waals surface area contributed by atoms with Gasteiger partial charge in [-0.05, 0) is 38.8 Å². The molecule has 0 spiro atoms. The van der Waals surface area contributed by atoms with Crippen LogP contribution >= 0.6 is 0 Å². The molecule has 1 saturated heterocycles. The van der Waals surface area contributed by atoms with Crippen molar-refractivity contribution in [3.8, 4) is 0 Å². The first kappa shape index (κ1) is 14.1. The maximum atomic E-state index is 11.5. The largest absolute Gasteiger partial charge is 0.481 e. The Morgan fingerprint density at radius 2 is 2.00 bits per heavy atom. The second kappa shape index (κ2) is 5.33. The SMILES string of the molecule is Cc1ccc(C)c(C2CN(C(C)C)CC2C(=O)O)c1. The molecule has 1 aliphatic rings. The van der Waals surface area contributed by atoms with Gasteiger partial charge in [-0.3, -0.25) is 9.69 Å². The Kier molecular flexibility index (Phi) is 3.95. The Hall–Kier alpha value is -1.35. The minimum absolute atomic E-state index is 0.111. The van der Waals surface area contributed by atoms with E-state index in [0.29, 0.717) is 12.6 Å². The third kappa shape index (κ3) is 2.81. The topological polar surface area (TPSA) is 40.5 Å². The Morgan fingerprint density at radius 1 is 1.32 bits per heavy atom. The van der Waals surface area contributed by atoms with Gasteiger partial charge < -0.3 is 5.11 Å². The summed E-state index contributed by atoms with van der Waals surface area (Å²) in [6.07, 6.45) is 0. The van der Waals surface area contributed by atoms with Gasteiger partial charge >= 0.3 is 5.97 Å². The predicted octanol–water partition coefficient (Wildman–Crippen LogP) is 2.81. The number of carbonyl (C=O) groups is 1. The van der Waals surface area contributed by atoms with Crippen LogP contribution in [0.1, 0.15) is 36.5 Å². The average molecular weight is 261 g/mol. The number of aliphatic carboxylic acids is 1. The first-order chi connectivity index (χ1) is 8.90. The molecule has 0 aliphatic carbocycles. The molecule has 1 N–H and O–H groups in total. The Labute approximate surface area is 115 Å². The molecule has 1 aromatic rings. The molecule has 1 fully saturated rings. The van der Waals surface area contributed by atoms with Gasteiger partial charge in [-0.25, -0.2) is 0 Å². The molecule has 104 valence electrons. The number of hydrogen-bond donors (Lipinski definition) is 1. The zero-order valence-corrected chi connectivity index (χ0v) is 12.2. The van der Waals surface area contributed by atoms with Gasteiger partial charge in [0.1, 0.15) is 0 Å². The van der Waals surface area contributed by atoms with Crippen LogP contribution in [-0.2, 0) is 4.79 Å². The number of hydrogen-bond acceptors (Lipinski definition) is 2. The molecule has 0 amide bonds. The molecule has 3 nitrogen and oxygen atoms in total. The Morgan fingerprint density at radius 3 is 2.58 bits per heavy atom. The number of likely N-dealkylation sites (tertiary alicyclic amines) is 1. The zero-order chi connectivity index (χ0) is 14.2. The van der Waals surface area contributed by atoms with E-state index in [4.69, 9.17) is 0 Å². The molecule has 2 unspecified atom stereocenters. The molecule has 2 atom stereocenters. The third-order valence-corrected chi connectivity index (χ3v) is 4.23. The molecule has 0 aromatic heterocycles. The molecule has 19 heavy (non-hydrogen) atoms. The molecule has 0 saturated carbocycles. The van der Waals surface area contributed by atoms with Crippen LogP contribution in [0.4, 0.5) is 0 Å². The van der Waals surface area contributed by atoms with Crippen LogP contribution < -0.4 is 0 Å². The molecule has 1 aromatic carbocycles. The van der Waals surface area contributed by atoms with Crippen LogP contribution in [0.15, 0.2) is 18.2 Å². The van der Waals surface area contributed by atoms with E-state index in [1.54, 1.807) is 0 Å². The predicted molar refractivity (Wildman–Crippen MR) is 76.5 cm³/mol. The number of rotatable bonds is 3. The summed E-state index contributed by atoms with van der Waals surface area (Å²) >= 11 is 0. The van der Waals surface area contributed by atoms with Crippen LogP contribution in [0.2, 0.25) is 0 Å². The van der Waals surface area contributed by atoms with Crippen molar-refractivity contribution < 1.29 is 9.90 Å². The van der Waals surface area contributed by atoms with E-state index in [2.05, 4.69) is 50.8 Å². The lowest BCUT2D eigenvalue weighted by atomic mass is 9.86. The number of aryl methyl sites for hydroxylation is 2. The molecule has 0 radical (unpaired) electrons. The summed E-state index contributed by atoms with van der Waals surface area (Å²) in [4.78, 5) is 13.8. The van der Waals surface area contributed by atoms with Gasteiger partial charge in [0.15, 0.2) is 0 Å². The van der Waals surface area contributed by atoms with Crippen molar-refractivity contribution >= 4 is 5.97 Å². The summed E-state index contributed by atoms with van der Waals surface area (Å²) in [5.74, 6) is -0.850. The first-order valence-corrected chi connectivity index (χ1v) is 6.94. The van der Waals surface area contributed by atoms with Crippen LogP contribution in [-0.4, -0.2) is 35.1 Å². The minimum Gasteiger partial charge on any atom is -0.481 e. The fraction of sp³-hybridized carbons (Fsp3) is 0.562. The smallest absolute Gasteiger partial charge is 0.308 e. The van der Waals surface area contributed by atoms with E-state index in [1.165, 1.54) is 16.7 Å². The van der Waals surface area contributed by atoms with Gasteiger partial charge in [-0.2, -0.15) is 0 Å². The van der Waals surface area contributed by atoms with E-state index in [-0.39, 0.29) is 11.8 Å². The average Bonchev–Trinajstić information content (AvgIpc) is 2.77. The molecule has 1 aliphatic heterocycles. The highest BCUT2D eigenvalue weighted by Gasteiger charge is 2.39. The van der Waals surface area contributed by atoms with Crippen molar-refractivity contribution in [1.82, 2.24) is 4.90 Å². The maximum Gasteiger partial charge on any atom is 0.308 e. The normalized spacial score (nSPS) is 24.1. The van der Waals surface area contributed by atoms with Gasteiger partial charge in [0.25, 0.3) is 0 Å². The molecular weight excluding hydrogens is 238 g/mol. The third-order valence-electron chi connectivity index (χ3n) is 4.23. The number of nitrogens with zero attached hydrogens (tertiary/aromatic N) is 1. The van der Waals surface area contributed by atoms with Crippen molar-refractivity contribution in [3.63, 3.8) is 0 Å². The Balaban J connectivity index is 2.35. The van der Waals surface area contributed by atoms with Gasteiger partial charge in [0.05, 0.1) is 5.92 Å². The first-order valence-electron chi connectivity index (χ1n) is 6.94. The van der Waals surface area contributed by atoms with E-state index in [0.717, 1.165) is 6.54 Å². The number of carboxylic acids is 1. The lowest BCUT2D eigenvalue weighted by molar-refractivity contribution is -0.141. The van der Waals surface area contributed by atoms with E-state index < -0.39 is 5.97 Å². The summed E-state index contributed by atoms with van der Waals surface area (Å²) in [6.45, 7) is 9.90. The lowest BCUT2D eigenvalue weighted by Gasteiger charge is -2.21. The lowest BCUT2D eigenvalue weighted by Crippen LogP contribution is -2.29. The van der Waals surface area contributed by atoms with Crippen molar-refractivity contribution in [1.29, 1.82) is 0 Å². The summed E-state index contributed by atoms with van der Waals surface area (Å²) < 4.78 is 0. The summed E-state index contributed by atoms with van der Waals surface area (Å²) in [7, 11) is 0. The monoisotopic (exact) mass is 261 g/mol. The van der Waals surface area contributed by atoms with Gasteiger partial charge in [-0.1, -0.05) is 23.8 Å². The minimum atomic E-state index is -0.672. The van der Waals surface area contributed by atoms with Gasteiger partial charge in [0.2, 0.25) is 0 Å². The van der Waals surface area contributed by atoms with E-state index in [1.807, 2.05) is 0 Å². The van der Waals surface area contributed by atoms with Gasteiger partial charge in [-0.15, -0.1) is 0 Å². The summed E-state index contributed by atoms with van der Waals surface area (Å²) in [6, 6.07) is 6.74. The van der Waals surface area contributed by atoms with E-state index in [9.17, 15) is 9.90 Å². The molecular formula is C16H23NO2. The van der Waals surface area contributed by atoms with E-state index >= 15 is 0 Å². The molecule has 2 rings (SSSR count). The summed E-state index contributed by atoms with van der Waals surface area (Å²) in [5.41, 5.74) is 3.61.